The Kier molecular flexibility index (Phi) is 2.66. The highest BCUT2D eigenvalue weighted by Gasteiger charge is 2.17. The fourth-order valence-corrected chi connectivity index (χ4v) is 3.17. The number of aromatic nitrogens is 3. The SMILES string of the molecule is Cc1ccc(-c2cn3nc(S(N)(=O)=O)sc3n2)cc1. The Morgan fingerprint density at radius 1 is 1.26 bits per heavy atom. The van der Waals surface area contributed by atoms with Crippen LogP contribution in [0.5, 0.6) is 0 Å². The van der Waals surface area contributed by atoms with Crippen molar-refractivity contribution in [1.29, 1.82) is 0 Å². The molecule has 98 valence electrons. The Balaban J connectivity index is 2.08. The van der Waals surface area contributed by atoms with Crippen molar-refractivity contribution in [3.8, 4) is 11.3 Å². The number of hydrogen-bond acceptors (Lipinski definition) is 5. The Hall–Kier alpha value is -1.77. The van der Waals surface area contributed by atoms with E-state index in [1.165, 1.54) is 10.1 Å². The highest BCUT2D eigenvalue weighted by Crippen LogP contribution is 2.23. The van der Waals surface area contributed by atoms with Gasteiger partial charge in [-0.25, -0.2) is 23.1 Å². The average Bonchev–Trinajstić information content (AvgIpc) is 2.86. The molecule has 0 atom stereocenters. The third-order valence-electron chi connectivity index (χ3n) is 2.62. The minimum absolute atomic E-state index is 0.134. The molecule has 0 spiro atoms. The largest absolute Gasteiger partial charge is 0.267 e. The van der Waals surface area contributed by atoms with Crippen molar-refractivity contribution in [2.24, 2.45) is 5.14 Å². The molecule has 0 aliphatic carbocycles. The van der Waals surface area contributed by atoms with Crippen LogP contribution in [0.15, 0.2) is 34.8 Å². The number of hydrogen-bond donors (Lipinski definition) is 1. The molecule has 2 N–H and O–H groups in total. The van der Waals surface area contributed by atoms with E-state index in [4.69, 9.17) is 5.14 Å². The van der Waals surface area contributed by atoms with E-state index >= 15 is 0 Å². The molecule has 0 fully saturated rings. The van der Waals surface area contributed by atoms with Gasteiger partial charge in [0, 0.05) is 5.56 Å². The Bertz CT molecular complexity index is 815. The maximum atomic E-state index is 11.2. The number of sulfonamides is 1. The van der Waals surface area contributed by atoms with Gasteiger partial charge < -0.3 is 0 Å². The van der Waals surface area contributed by atoms with Crippen molar-refractivity contribution < 1.29 is 8.42 Å². The van der Waals surface area contributed by atoms with Crippen molar-refractivity contribution >= 4 is 26.3 Å². The molecular formula is C11H10N4O2S2. The minimum atomic E-state index is -3.77. The lowest BCUT2D eigenvalue weighted by molar-refractivity contribution is 0.595. The number of rotatable bonds is 2. The summed E-state index contributed by atoms with van der Waals surface area (Å²) < 4.78 is 23.7. The van der Waals surface area contributed by atoms with Crippen molar-refractivity contribution in [1.82, 2.24) is 14.6 Å². The molecule has 2 aromatic heterocycles. The molecule has 0 saturated carbocycles. The molecular weight excluding hydrogens is 284 g/mol. The summed E-state index contributed by atoms with van der Waals surface area (Å²) in [6.07, 6.45) is 1.69. The summed E-state index contributed by atoms with van der Waals surface area (Å²) in [5.41, 5.74) is 2.87. The predicted octanol–water partition coefficient (Wildman–Crippen LogP) is 1.41. The molecule has 0 saturated heterocycles. The number of fused-ring (bicyclic) bond motifs is 1. The number of nitrogens with zero attached hydrogens (tertiary/aromatic N) is 3. The quantitative estimate of drug-likeness (QED) is 0.773. The first-order chi connectivity index (χ1) is 8.93. The van der Waals surface area contributed by atoms with Crippen LogP contribution in [0.4, 0.5) is 0 Å². The normalized spacial score (nSPS) is 12.1. The molecule has 6 nitrogen and oxygen atoms in total. The molecule has 0 aliphatic heterocycles. The molecule has 0 bridgehead atoms. The van der Waals surface area contributed by atoms with Crippen LogP contribution in [-0.2, 0) is 10.0 Å². The molecule has 1 aromatic carbocycles. The van der Waals surface area contributed by atoms with Gasteiger partial charge in [0.1, 0.15) is 0 Å². The molecule has 3 rings (SSSR count). The van der Waals surface area contributed by atoms with Gasteiger partial charge in [-0.1, -0.05) is 41.2 Å². The van der Waals surface area contributed by atoms with Gasteiger partial charge >= 0.3 is 0 Å². The second-order valence-electron chi connectivity index (χ2n) is 4.13. The highest BCUT2D eigenvalue weighted by atomic mass is 32.2. The van der Waals surface area contributed by atoms with E-state index in [1.54, 1.807) is 6.20 Å². The second kappa shape index (κ2) is 4.12. The van der Waals surface area contributed by atoms with E-state index in [9.17, 15) is 8.42 Å². The van der Waals surface area contributed by atoms with E-state index in [-0.39, 0.29) is 4.34 Å². The Morgan fingerprint density at radius 2 is 1.95 bits per heavy atom. The van der Waals surface area contributed by atoms with Gasteiger partial charge in [0.25, 0.3) is 10.0 Å². The fraction of sp³-hybridized carbons (Fsp3) is 0.0909. The first-order valence-electron chi connectivity index (χ1n) is 5.39. The number of imidazole rings is 1. The molecule has 0 unspecified atom stereocenters. The lowest BCUT2D eigenvalue weighted by atomic mass is 10.1. The first-order valence-corrected chi connectivity index (χ1v) is 7.76. The molecule has 8 heteroatoms. The highest BCUT2D eigenvalue weighted by molar-refractivity contribution is 7.91. The number of benzene rings is 1. The van der Waals surface area contributed by atoms with Crippen LogP contribution in [0, 0.1) is 6.92 Å². The van der Waals surface area contributed by atoms with Gasteiger partial charge in [-0.2, -0.15) is 0 Å². The van der Waals surface area contributed by atoms with E-state index < -0.39 is 10.0 Å². The molecule has 0 amide bonds. The zero-order valence-corrected chi connectivity index (χ0v) is 11.6. The molecule has 0 radical (unpaired) electrons. The van der Waals surface area contributed by atoms with Gasteiger partial charge in [-0.3, -0.25) is 0 Å². The predicted molar refractivity (Wildman–Crippen MR) is 72.4 cm³/mol. The second-order valence-corrected chi connectivity index (χ2v) is 6.82. The number of aryl methyl sites for hydroxylation is 1. The molecule has 2 heterocycles. The maximum Gasteiger partial charge on any atom is 0.267 e. The smallest absolute Gasteiger partial charge is 0.223 e. The van der Waals surface area contributed by atoms with Crippen molar-refractivity contribution in [2.45, 2.75) is 11.3 Å². The van der Waals surface area contributed by atoms with E-state index in [1.807, 2.05) is 31.2 Å². The van der Waals surface area contributed by atoms with E-state index in [2.05, 4.69) is 10.1 Å². The van der Waals surface area contributed by atoms with Crippen LogP contribution < -0.4 is 5.14 Å². The maximum absolute atomic E-state index is 11.2. The summed E-state index contributed by atoms with van der Waals surface area (Å²) in [7, 11) is -3.77. The van der Waals surface area contributed by atoms with Crippen LogP contribution >= 0.6 is 11.3 Å². The summed E-state index contributed by atoms with van der Waals surface area (Å²) in [6, 6.07) is 7.91. The van der Waals surface area contributed by atoms with Gasteiger partial charge in [-0.15, -0.1) is 5.10 Å². The topological polar surface area (TPSA) is 90.4 Å². The fourth-order valence-electron chi connectivity index (χ4n) is 1.66. The lowest BCUT2D eigenvalue weighted by Crippen LogP contribution is -2.12. The van der Waals surface area contributed by atoms with Crippen LogP contribution in [0.3, 0.4) is 0 Å². The Morgan fingerprint density at radius 3 is 2.53 bits per heavy atom. The molecule has 0 aliphatic rings. The van der Waals surface area contributed by atoms with Gasteiger partial charge in [0.05, 0.1) is 11.9 Å². The van der Waals surface area contributed by atoms with Crippen LogP contribution in [0.1, 0.15) is 5.56 Å². The zero-order chi connectivity index (χ0) is 13.6. The summed E-state index contributed by atoms with van der Waals surface area (Å²) in [5, 5.41) is 8.93. The third-order valence-corrected chi connectivity index (χ3v) is 4.85. The zero-order valence-electron chi connectivity index (χ0n) is 9.94. The number of nitrogens with two attached hydrogens (primary N) is 1. The first kappa shape index (κ1) is 12.3. The van der Waals surface area contributed by atoms with Crippen molar-refractivity contribution in [3.63, 3.8) is 0 Å². The molecule has 19 heavy (non-hydrogen) atoms. The number of primary sulfonamides is 1. The monoisotopic (exact) mass is 294 g/mol. The molecule has 3 aromatic rings. The summed E-state index contributed by atoms with van der Waals surface area (Å²) in [5.74, 6) is 0. The van der Waals surface area contributed by atoms with Gasteiger partial charge in [0.15, 0.2) is 0 Å². The van der Waals surface area contributed by atoms with E-state index in [0.717, 1.165) is 22.6 Å². The Labute approximate surface area is 113 Å². The third kappa shape index (κ3) is 2.25. The van der Waals surface area contributed by atoms with Crippen molar-refractivity contribution in [2.75, 3.05) is 0 Å². The van der Waals surface area contributed by atoms with Crippen LogP contribution in [-0.4, -0.2) is 23.0 Å². The van der Waals surface area contributed by atoms with Crippen molar-refractivity contribution in [3.05, 3.63) is 36.0 Å². The van der Waals surface area contributed by atoms with Crippen LogP contribution in [0.2, 0.25) is 0 Å². The average molecular weight is 294 g/mol. The van der Waals surface area contributed by atoms with Gasteiger partial charge in [-0.05, 0) is 6.92 Å². The van der Waals surface area contributed by atoms with Crippen LogP contribution in [0.25, 0.3) is 16.2 Å². The summed E-state index contributed by atoms with van der Waals surface area (Å²) >= 11 is 0.951. The summed E-state index contributed by atoms with van der Waals surface area (Å²) in [6.45, 7) is 2.01. The lowest BCUT2D eigenvalue weighted by Gasteiger charge is -1.96. The summed E-state index contributed by atoms with van der Waals surface area (Å²) in [4.78, 5) is 4.85. The van der Waals surface area contributed by atoms with Gasteiger partial charge in [0.2, 0.25) is 9.30 Å². The minimum Gasteiger partial charge on any atom is -0.223 e. The standard InChI is InChI=1S/C11H10N4O2S2/c1-7-2-4-8(5-3-7)9-6-15-10(13-9)18-11(14-15)19(12,16)17/h2-6H,1H3,(H2,12,16,17). The van der Waals surface area contributed by atoms with E-state index in [0.29, 0.717) is 4.96 Å².